The number of nitrogens with two attached hydrogens (primary N) is 1. The molecular weight excluding hydrogens is 590 g/mol. The molecule has 1 saturated carbocycles. The molecular formula is C32H36F2N4O5S. The zero-order chi connectivity index (χ0) is 31.0. The maximum Gasteiger partial charge on any atom is 0.274 e. The Kier molecular flexibility index (Phi) is 8.89. The second-order valence-electron chi connectivity index (χ2n) is 12.0. The highest BCUT2D eigenvalue weighted by molar-refractivity contribution is 7.84. The second-order valence-corrected chi connectivity index (χ2v) is 13.5. The molecule has 1 aliphatic carbocycles. The summed E-state index contributed by atoms with van der Waals surface area (Å²) < 4.78 is 55.3. The minimum atomic E-state index is -1.32. The molecule has 1 aromatic carbocycles. The van der Waals surface area contributed by atoms with Gasteiger partial charge in [-0.2, -0.15) is 0 Å². The third-order valence-corrected chi connectivity index (χ3v) is 9.82. The predicted molar refractivity (Wildman–Crippen MR) is 162 cm³/mol. The first-order valence-electron chi connectivity index (χ1n) is 14.9. The molecule has 5 atom stereocenters. The summed E-state index contributed by atoms with van der Waals surface area (Å²) in [4.78, 5) is 21.9. The number of nitrogens with zero attached hydrogens (tertiary/aromatic N) is 2. The van der Waals surface area contributed by atoms with E-state index in [0.29, 0.717) is 48.6 Å². The summed E-state index contributed by atoms with van der Waals surface area (Å²) >= 11 is 0. The fourth-order valence-electron chi connectivity index (χ4n) is 6.86. The van der Waals surface area contributed by atoms with Crippen LogP contribution in [0, 0.1) is 17.6 Å². The van der Waals surface area contributed by atoms with E-state index < -0.39 is 46.1 Å². The van der Waals surface area contributed by atoms with Crippen molar-refractivity contribution in [2.45, 2.75) is 55.8 Å². The van der Waals surface area contributed by atoms with Crippen molar-refractivity contribution in [1.29, 1.82) is 0 Å². The van der Waals surface area contributed by atoms with Crippen molar-refractivity contribution in [2.75, 3.05) is 37.1 Å². The fraction of sp³-hybridized carbons (Fsp3) is 0.469. The van der Waals surface area contributed by atoms with Crippen LogP contribution in [0.15, 0.2) is 42.7 Å². The van der Waals surface area contributed by atoms with Crippen molar-refractivity contribution in [3.8, 4) is 11.3 Å². The molecule has 3 aromatic rings. The molecule has 1 saturated heterocycles. The number of hydrogen-bond acceptors (Lipinski definition) is 8. The molecule has 2 aliphatic heterocycles. The average Bonchev–Trinajstić information content (AvgIpc) is 2.99. The number of carbonyl (C=O) groups excluding carboxylic acids is 1. The van der Waals surface area contributed by atoms with Crippen LogP contribution < -0.4 is 11.1 Å². The zero-order valence-electron chi connectivity index (χ0n) is 24.4. The molecule has 0 radical (unpaired) electrons. The van der Waals surface area contributed by atoms with Gasteiger partial charge in [-0.05, 0) is 72.1 Å². The summed E-state index contributed by atoms with van der Waals surface area (Å²) in [6, 6.07) is 6.74. The van der Waals surface area contributed by atoms with Crippen molar-refractivity contribution in [1.82, 2.24) is 9.97 Å². The van der Waals surface area contributed by atoms with Gasteiger partial charge in [0.15, 0.2) is 0 Å². The number of nitrogens with one attached hydrogen (secondary N) is 1. The molecule has 2 fully saturated rings. The number of halogens is 2. The predicted octanol–water partition coefficient (Wildman–Crippen LogP) is 3.81. The van der Waals surface area contributed by atoms with E-state index >= 15 is 8.78 Å². The Morgan fingerprint density at radius 2 is 1.98 bits per heavy atom. The van der Waals surface area contributed by atoms with E-state index in [-0.39, 0.29) is 54.7 Å². The Morgan fingerprint density at radius 3 is 2.75 bits per heavy atom. The number of fused-ring (bicyclic) bond motifs is 8. The Labute approximate surface area is 257 Å². The van der Waals surface area contributed by atoms with Crippen LogP contribution in [0.3, 0.4) is 0 Å². The molecule has 1 amide bonds. The number of carbonyl (C=O) groups is 1. The number of benzene rings is 1. The van der Waals surface area contributed by atoms with E-state index in [0.717, 1.165) is 11.6 Å². The van der Waals surface area contributed by atoms with Crippen molar-refractivity contribution in [3.05, 3.63) is 76.7 Å². The highest BCUT2D eigenvalue weighted by Gasteiger charge is 2.40. The number of aliphatic hydroxyl groups is 1. The van der Waals surface area contributed by atoms with Gasteiger partial charge in [0.2, 0.25) is 0 Å². The minimum absolute atomic E-state index is 0.0703. The van der Waals surface area contributed by atoms with E-state index in [4.69, 9.17) is 15.2 Å². The van der Waals surface area contributed by atoms with Crippen LogP contribution in [0.25, 0.3) is 11.3 Å². The molecule has 4 N–H and O–H groups in total. The lowest BCUT2D eigenvalue weighted by Gasteiger charge is -2.41. The summed E-state index contributed by atoms with van der Waals surface area (Å²) in [5.41, 5.74) is 7.16. The summed E-state index contributed by atoms with van der Waals surface area (Å²) in [7, 11) is -1.06. The highest BCUT2D eigenvalue weighted by atomic mass is 32.2. The van der Waals surface area contributed by atoms with Crippen LogP contribution >= 0.6 is 0 Å². The minimum Gasteiger partial charge on any atom is -0.385 e. The highest BCUT2D eigenvalue weighted by Crippen LogP contribution is 2.44. The van der Waals surface area contributed by atoms with E-state index in [2.05, 4.69) is 15.3 Å². The molecule has 4 bridgehead atoms. The van der Waals surface area contributed by atoms with Gasteiger partial charge >= 0.3 is 0 Å². The lowest BCUT2D eigenvalue weighted by Crippen LogP contribution is -2.48. The van der Waals surface area contributed by atoms with Gasteiger partial charge in [0.05, 0.1) is 30.2 Å². The SMILES string of the molecule is CS(=O)CCOC1[C@H]2Cc3cc(C4(O)CCOCC4)cc(F)c3-c3nc(ccc3F)C(=O)Nc3cnccc3C(C2)C[C@H]1N. The quantitative estimate of drug-likeness (QED) is 0.389. The molecule has 0 spiro atoms. The van der Waals surface area contributed by atoms with Crippen molar-refractivity contribution < 1.29 is 32.4 Å². The molecule has 3 aliphatic rings. The van der Waals surface area contributed by atoms with E-state index in [1.54, 1.807) is 24.7 Å². The molecule has 4 heterocycles. The van der Waals surface area contributed by atoms with Gasteiger partial charge in [-0.3, -0.25) is 14.0 Å². The number of pyridine rings is 2. The Balaban J connectivity index is 1.53. The first-order chi connectivity index (χ1) is 21.1. The Bertz CT molecular complexity index is 1580. The molecule has 6 rings (SSSR count). The number of hydrogen-bond donors (Lipinski definition) is 3. The van der Waals surface area contributed by atoms with Gasteiger partial charge in [-0.1, -0.05) is 6.07 Å². The normalized spacial score (nSPS) is 25.3. The lowest BCUT2D eigenvalue weighted by atomic mass is 9.71. The lowest BCUT2D eigenvalue weighted by molar-refractivity contribution is -0.0681. The van der Waals surface area contributed by atoms with Crippen LogP contribution in [-0.2, 0) is 32.3 Å². The molecule has 2 aromatic heterocycles. The van der Waals surface area contributed by atoms with Crippen LogP contribution in [-0.4, -0.2) is 69.2 Å². The summed E-state index contributed by atoms with van der Waals surface area (Å²) in [5, 5.41) is 14.4. The van der Waals surface area contributed by atoms with Gasteiger partial charge in [0.25, 0.3) is 5.91 Å². The first kappa shape index (κ1) is 30.8. The second kappa shape index (κ2) is 12.7. The van der Waals surface area contributed by atoms with Crippen LogP contribution in [0.4, 0.5) is 14.5 Å². The topological polar surface area (TPSA) is 137 Å². The van der Waals surface area contributed by atoms with Crippen molar-refractivity contribution >= 4 is 22.4 Å². The Hall–Kier alpha value is -3.16. The van der Waals surface area contributed by atoms with Gasteiger partial charge in [-0.15, -0.1) is 0 Å². The van der Waals surface area contributed by atoms with Gasteiger partial charge in [0.1, 0.15) is 23.0 Å². The Morgan fingerprint density at radius 1 is 1.18 bits per heavy atom. The molecule has 12 heteroatoms. The first-order valence-corrected chi connectivity index (χ1v) is 16.6. The van der Waals surface area contributed by atoms with Crippen LogP contribution in [0.2, 0.25) is 0 Å². The monoisotopic (exact) mass is 626 g/mol. The number of anilines is 1. The third kappa shape index (κ3) is 6.18. The maximum absolute atomic E-state index is 16.3. The summed E-state index contributed by atoms with van der Waals surface area (Å²) in [6.45, 7) is 0.883. The van der Waals surface area contributed by atoms with E-state index in [1.165, 1.54) is 12.1 Å². The number of rotatable bonds is 5. The molecule has 9 nitrogen and oxygen atoms in total. The molecule has 3 unspecified atom stereocenters. The number of ether oxygens (including phenoxy) is 2. The van der Waals surface area contributed by atoms with Crippen molar-refractivity contribution in [2.24, 2.45) is 11.7 Å². The number of amides is 1. The van der Waals surface area contributed by atoms with Gasteiger partial charge < -0.3 is 25.6 Å². The maximum atomic E-state index is 16.3. The smallest absolute Gasteiger partial charge is 0.274 e. The third-order valence-electron chi connectivity index (χ3n) is 9.08. The number of aromatic nitrogens is 2. The van der Waals surface area contributed by atoms with E-state index in [9.17, 15) is 14.1 Å². The fourth-order valence-corrected chi connectivity index (χ4v) is 7.19. The van der Waals surface area contributed by atoms with Gasteiger partial charge in [0, 0.05) is 66.7 Å². The zero-order valence-corrected chi connectivity index (χ0v) is 25.2. The summed E-state index contributed by atoms with van der Waals surface area (Å²) in [5.74, 6) is -2.15. The summed E-state index contributed by atoms with van der Waals surface area (Å²) in [6.07, 6.45) is 6.29. The van der Waals surface area contributed by atoms with Crippen LogP contribution in [0.1, 0.15) is 58.8 Å². The molecule has 44 heavy (non-hydrogen) atoms. The van der Waals surface area contributed by atoms with Gasteiger partial charge in [-0.25, -0.2) is 13.8 Å². The average molecular weight is 627 g/mol. The molecule has 234 valence electrons. The standard InChI is InChI=1S/C32H36F2N4O5S/c1-44(41)11-10-43-30-20-12-18(15-25(30)35)22-4-7-36-17-27(22)38-31(39)26-3-2-23(33)29(37-26)28-19(13-20)14-21(16-24(28)34)32(40)5-8-42-9-6-32/h2-4,7,14,16-18,20,25,30,40H,5-6,8-13,15,35H2,1H3,(H,38,39)/t18?,20-,25-,30?,44?/m1/s1. The largest absolute Gasteiger partial charge is 0.385 e. The van der Waals surface area contributed by atoms with E-state index in [1.807, 2.05) is 6.07 Å². The van der Waals surface area contributed by atoms with Crippen LogP contribution in [0.5, 0.6) is 0 Å². The van der Waals surface area contributed by atoms with Crippen molar-refractivity contribution in [3.63, 3.8) is 0 Å².